The number of nitrogens with one attached hydrogen (secondary N) is 2. The topological polar surface area (TPSA) is 114 Å². The summed E-state index contributed by atoms with van der Waals surface area (Å²) in [6.07, 6.45) is -5.15. The normalized spacial score (nSPS) is 20.9. The van der Waals surface area contributed by atoms with Crippen LogP contribution in [0, 0.1) is 17.6 Å². The summed E-state index contributed by atoms with van der Waals surface area (Å²) < 4.78 is 120. The van der Waals surface area contributed by atoms with Gasteiger partial charge in [0.25, 0.3) is 5.92 Å². The molecule has 3 aromatic carbocycles. The summed E-state index contributed by atoms with van der Waals surface area (Å²) in [5.41, 5.74) is 1.53. The lowest BCUT2D eigenvalue weighted by Crippen LogP contribution is -2.36. The highest BCUT2D eigenvalue weighted by molar-refractivity contribution is 7.94. The van der Waals surface area contributed by atoms with E-state index < -0.39 is 82.0 Å². The van der Waals surface area contributed by atoms with Gasteiger partial charge in [-0.1, -0.05) is 42.5 Å². The number of rotatable bonds is 9. The lowest BCUT2D eigenvalue weighted by Gasteiger charge is -2.34. The second-order valence-corrected chi connectivity index (χ2v) is 17.2. The summed E-state index contributed by atoms with van der Waals surface area (Å²) in [5, 5.41) is 11.4. The zero-order valence-corrected chi connectivity index (χ0v) is 32.5. The molecule has 1 amide bonds. The van der Waals surface area contributed by atoms with E-state index in [1.165, 1.54) is 0 Å². The second kappa shape index (κ2) is 13.5. The maximum Gasteiger partial charge on any atom is 0.435 e. The van der Waals surface area contributed by atoms with E-state index in [4.69, 9.17) is 10.1 Å². The van der Waals surface area contributed by atoms with E-state index in [2.05, 4.69) is 15.4 Å². The molecule has 5 heterocycles. The maximum absolute atomic E-state index is 15.7. The Morgan fingerprint density at radius 2 is 1.72 bits per heavy atom. The molecule has 4 aromatic heterocycles. The number of anilines is 1. The van der Waals surface area contributed by atoms with E-state index in [1.807, 2.05) is 36.4 Å². The molecule has 1 saturated heterocycles. The predicted molar refractivity (Wildman–Crippen MR) is 209 cm³/mol. The van der Waals surface area contributed by atoms with Crippen molar-refractivity contribution in [2.24, 2.45) is 13.0 Å². The van der Waals surface area contributed by atoms with Crippen LogP contribution >= 0.6 is 0 Å². The van der Waals surface area contributed by atoms with Gasteiger partial charge in [-0.15, -0.1) is 0 Å². The molecular formula is C42H33F7N8O2S. The molecule has 2 fully saturated rings. The van der Waals surface area contributed by atoms with Crippen LogP contribution in [0.2, 0.25) is 0 Å². The number of benzene rings is 3. The smallest absolute Gasteiger partial charge is 0.353 e. The summed E-state index contributed by atoms with van der Waals surface area (Å²) >= 11 is 0. The molecule has 10 nitrogen and oxygen atoms in total. The summed E-state index contributed by atoms with van der Waals surface area (Å²) in [7, 11) is 0.438. The zero-order valence-electron chi connectivity index (χ0n) is 31.7. The molecular weight excluding hydrogens is 814 g/mol. The molecule has 5 atom stereocenters. The highest BCUT2D eigenvalue weighted by Gasteiger charge is 2.63. The van der Waals surface area contributed by atoms with Crippen molar-refractivity contribution >= 4 is 44.6 Å². The Hall–Kier alpha value is -6.04. The first-order valence-electron chi connectivity index (χ1n) is 19.1. The van der Waals surface area contributed by atoms with E-state index in [0.717, 1.165) is 17.7 Å². The van der Waals surface area contributed by atoms with Gasteiger partial charge in [-0.2, -0.15) is 32.1 Å². The number of fused-ring (bicyclic) bond motifs is 5. The average Bonchev–Trinajstić information content (AvgIpc) is 3.58. The number of aryl methyl sites for hydroxylation is 1. The first-order valence-corrected chi connectivity index (χ1v) is 20.3. The van der Waals surface area contributed by atoms with Crippen LogP contribution in [0.3, 0.4) is 0 Å². The Kier molecular flexibility index (Phi) is 8.58. The fourth-order valence-electron chi connectivity index (χ4n) is 9.01. The van der Waals surface area contributed by atoms with Crippen LogP contribution in [0.4, 0.5) is 36.6 Å². The molecule has 3 aliphatic rings. The van der Waals surface area contributed by atoms with E-state index in [1.54, 1.807) is 47.2 Å². The number of hydrogen-bond donors (Lipinski definition) is 2. The Morgan fingerprint density at radius 1 is 0.983 bits per heavy atom. The van der Waals surface area contributed by atoms with Gasteiger partial charge in [0.15, 0.2) is 11.5 Å². The number of carbonyl (C=O) groups is 1. The third-order valence-corrected chi connectivity index (χ3v) is 13.3. The molecule has 10 rings (SSSR count). The lowest BCUT2D eigenvalue weighted by atomic mass is 9.73. The van der Waals surface area contributed by atoms with Crippen molar-refractivity contribution < 1.29 is 39.7 Å². The van der Waals surface area contributed by atoms with Crippen molar-refractivity contribution in [3.05, 3.63) is 119 Å². The number of alkyl halides is 5. The molecule has 1 aliphatic heterocycles. The van der Waals surface area contributed by atoms with Gasteiger partial charge in [0.1, 0.15) is 40.2 Å². The van der Waals surface area contributed by atoms with Gasteiger partial charge >= 0.3 is 6.18 Å². The van der Waals surface area contributed by atoms with Crippen LogP contribution in [0.15, 0.2) is 78.9 Å². The molecule has 18 heteroatoms. The van der Waals surface area contributed by atoms with E-state index in [9.17, 15) is 31.0 Å². The molecule has 2 aliphatic carbocycles. The fraction of sp³-hybridized carbons (Fsp3) is 0.286. The minimum Gasteiger partial charge on any atom is -0.353 e. The molecule has 1 unspecified atom stereocenters. The van der Waals surface area contributed by atoms with Crippen LogP contribution in [0.1, 0.15) is 59.9 Å². The predicted octanol–water partition coefficient (Wildman–Crippen LogP) is 8.81. The molecule has 2 N–H and O–H groups in total. The lowest BCUT2D eigenvalue weighted by molar-refractivity contribution is -0.144. The maximum atomic E-state index is 15.7. The number of halogens is 7. The van der Waals surface area contributed by atoms with Gasteiger partial charge in [-0.05, 0) is 73.6 Å². The molecule has 7 aromatic rings. The molecule has 1 saturated carbocycles. The summed E-state index contributed by atoms with van der Waals surface area (Å²) in [6.45, 7) is 0.800. The highest BCUT2D eigenvalue weighted by atomic mass is 32.2. The highest BCUT2D eigenvalue weighted by Crippen LogP contribution is 2.64. The Balaban J connectivity index is 1.13. The van der Waals surface area contributed by atoms with Crippen LogP contribution in [0.25, 0.3) is 44.3 Å². The number of aromatic nitrogens is 6. The van der Waals surface area contributed by atoms with E-state index in [0.29, 0.717) is 55.3 Å². The minimum atomic E-state index is -5.05. The quantitative estimate of drug-likeness (QED) is 0.111. The fourth-order valence-corrected chi connectivity index (χ4v) is 9.96. The largest absolute Gasteiger partial charge is 0.435 e. The minimum absolute atomic E-state index is 0.0317. The van der Waals surface area contributed by atoms with Crippen molar-refractivity contribution in [2.45, 2.75) is 62.2 Å². The zero-order chi connectivity index (χ0) is 42.0. The third kappa shape index (κ3) is 6.08. The molecule has 0 radical (unpaired) electrons. The number of para-hydroxylation sites is 1. The Bertz CT molecular complexity index is 2900. The van der Waals surface area contributed by atoms with Crippen molar-refractivity contribution in [1.29, 1.82) is 0 Å². The third-order valence-electron chi connectivity index (χ3n) is 11.8. The van der Waals surface area contributed by atoms with Crippen molar-refractivity contribution in [3.8, 4) is 22.4 Å². The first-order chi connectivity index (χ1) is 28.6. The first kappa shape index (κ1) is 38.2. The summed E-state index contributed by atoms with van der Waals surface area (Å²) in [6, 6.07) is 20.0. The van der Waals surface area contributed by atoms with Gasteiger partial charge in [-0.3, -0.25) is 18.5 Å². The number of nitrogens with zero attached hydrogens (tertiary/aromatic N) is 6. The molecule has 60 heavy (non-hydrogen) atoms. The van der Waals surface area contributed by atoms with Crippen molar-refractivity contribution in [2.75, 3.05) is 4.31 Å². The van der Waals surface area contributed by atoms with Crippen LogP contribution in [-0.2, 0) is 47.9 Å². The Labute approximate surface area is 339 Å². The van der Waals surface area contributed by atoms with E-state index in [-0.39, 0.29) is 35.9 Å². The van der Waals surface area contributed by atoms with Crippen molar-refractivity contribution in [3.63, 3.8) is 0 Å². The van der Waals surface area contributed by atoms with Gasteiger partial charge < -0.3 is 10.3 Å². The number of hydrogen-bond acceptors (Lipinski definition) is 5. The monoisotopic (exact) mass is 846 g/mol. The van der Waals surface area contributed by atoms with Crippen LogP contribution in [-0.4, -0.2) is 45.0 Å². The average molecular weight is 847 g/mol. The SMILES string of the molecule is C[C@H]1N(c2nn(C)c3c(-c4cc5[nH]c(-c6ccccc6)cc5nc4[C@H](Cc4cc(F)cc(F)c4)NC(=O)Cn4nc(C(F)(F)F)c5c4C(F)(F)[C@@H]4CC[C@H]54)cccc23)S1=O. The summed E-state index contributed by atoms with van der Waals surface area (Å²) in [4.78, 5) is 22.6. The van der Waals surface area contributed by atoms with E-state index >= 15 is 8.78 Å². The standard InChI is InChI=1S/C42H33F7N8O2S/c1-20-57(60(20)59)40-27-10-6-9-25(37(27)55(2)54-40)28-17-31-32(18-30(50-31)22-7-4-3-5-8-22)52-36(28)33(15-21-13-23(43)16-24(44)14-21)51-34(58)19-56-39-35(38(53-56)42(47,48)49)26-11-12-29(26)41(39,45)46/h3-10,13-14,16-18,20,26,29,33,50H,11-12,15,19H2,1-2H3,(H,51,58)/t20-,26-,29+,33-,57?,60?/m0/s1. The number of pyridine rings is 1. The van der Waals surface area contributed by atoms with Crippen LogP contribution < -0.4 is 9.62 Å². The van der Waals surface area contributed by atoms with Gasteiger partial charge in [-0.25, -0.2) is 18.0 Å². The number of H-pyrrole nitrogens is 1. The van der Waals surface area contributed by atoms with Gasteiger partial charge in [0.05, 0.1) is 28.3 Å². The molecule has 0 spiro atoms. The number of aromatic amines is 1. The molecule has 0 bridgehead atoms. The molecule has 308 valence electrons. The Morgan fingerprint density at radius 3 is 2.38 bits per heavy atom. The van der Waals surface area contributed by atoms with Gasteiger partial charge in [0.2, 0.25) is 5.91 Å². The van der Waals surface area contributed by atoms with Crippen LogP contribution in [0.5, 0.6) is 0 Å². The summed E-state index contributed by atoms with van der Waals surface area (Å²) in [5.74, 6) is -8.31. The van der Waals surface area contributed by atoms with Gasteiger partial charge in [0, 0.05) is 46.8 Å². The second-order valence-electron chi connectivity index (χ2n) is 15.5. The number of amides is 1. The number of carbonyl (C=O) groups excluding carboxylic acids is 1. The van der Waals surface area contributed by atoms with Crippen molar-refractivity contribution in [1.82, 2.24) is 34.8 Å².